The first-order chi connectivity index (χ1) is 13.1. The second kappa shape index (κ2) is 7.48. The van der Waals surface area contributed by atoms with Gasteiger partial charge in [-0.15, -0.1) is 11.3 Å². The number of likely N-dealkylation sites (tertiary alicyclic amines) is 1. The fourth-order valence-corrected chi connectivity index (χ4v) is 4.28. The molecule has 1 amide bonds. The van der Waals surface area contributed by atoms with Gasteiger partial charge in [0.2, 0.25) is 5.91 Å². The van der Waals surface area contributed by atoms with Crippen molar-refractivity contribution in [2.45, 2.75) is 19.9 Å². The molecule has 3 aromatic rings. The summed E-state index contributed by atoms with van der Waals surface area (Å²) in [6, 6.07) is 16.2. The van der Waals surface area contributed by atoms with E-state index in [1.807, 2.05) is 42.5 Å². The summed E-state index contributed by atoms with van der Waals surface area (Å²) in [7, 11) is 0. The molecule has 27 heavy (non-hydrogen) atoms. The Labute approximate surface area is 161 Å². The molecule has 1 aliphatic rings. The largest absolute Gasteiger partial charge is 0.466 e. The van der Waals surface area contributed by atoms with Gasteiger partial charge in [0.15, 0.2) is 0 Å². The van der Waals surface area contributed by atoms with Crippen LogP contribution < -0.4 is 0 Å². The number of para-hydroxylation sites is 1. The number of rotatable bonds is 5. The van der Waals surface area contributed by atoms with Crippen LogP contribution in [0.25, 0.3) is 20.8 Å². The molecule has 4 rings (SSSR count). The summed E-state index contributed by atoms with van der Waals surface area (Å²) in [4.78, 5) is 30.5. The van der Waals surface area contributed by atoms with Gasteiger partial charge in [0.25, 0.3) is 0 Å². The Balaban J connectivity index is 1.45. The molecule has 1 saturated heterocycles. The van der Waals surface area contributed by atoms with E-state index in [-0.39, 0.29) is 24.2 Å². The molecule has 1 fully saturated rings. The number of hydrogen-bond donors (Lipinski definition) is 0. The lowest BCUT2D eigenvalue weighted by Gasteiger charge is -2.16. The van der Waals surface area contributed by atoms with Gasteiger partial charge in [-0.05, 0) is 24.6 Å². The molecule has 0 saturated carbocycles. The molecule has 6 heteroatoms. The maximum atomic E-state index is 12.2. The number of amides is 1. The normalized spacial score (nSPS) is 16.9. The maximum Gasteiger partial charge on any atom is 0.311 e. The summed E-state index contributed by atoms with van der Waals surface area (Å²) in [5.74, 6) is -0.623. The molecule has 0 radical (unpaired) electrons. The average Bonchev–Trinajstić information content (AvgIpc) is 3.26. The van der Waals surface area contributed by atoms with Crippen LogP contribution in [0.3, 0.4) is 0 Å². The first-order valence-corrected chi connectivity index (χ1v) is 9.85. The Morgan fingerprint density at radius 3 is 2.74 bits per heavy atom. The van der Waals surface area contributed by atoms with Crippen molar-refractivity contribution in [1.29, 1.82) is 0 Å². The lowest BCUT2D eigenvalue weighted by molar-refractivity contribution is -0.147. The number of thiazole rings is 1. The van der Waals surface area contributed by atoms with E-state index >= 15 is 0 Å². The predicted molar refractivity (Wildman–Crippen MR) is 105 cm³/mol. The van der Waals surface area contributed by atoms with Crippen LogP contribution >= 0.6 is 11.3 Å². The van der Waals surface area contributed by atoms with Crippen LogP contribution in [-0.4, -0.2) is 34.9 Å². The monoisotopic (exact) mass is 380 g/mol. The zero-order valence-corrected chi connectivity index (χ0v) is 15.9. The highest BCUT2D eigenvalue weighted by Crippen LogP contribution is 2.30. The standard InChI is InChI=1S/C21H20N2O3S/c1-2-26-21(25)16-11-19(24)23(13-16)12-14-7-9-15(10-8-14)20-22-17-5-3-4-6-18(17)27-20/h3-10,16H,2,11-13H2,1H3/t16-/m0/s1. The molecule has 1 aromatic heterocycles. The Bertz CT molecular complexity index is 948. The number of esters is 1. The highest BCUT2D eigenvalue weighted by atomic mass is 32.1. The molecule has 0 aliphatic carbocycles. The Morgan fingerprint density at radius 2 is 2.00 bits per heavy atom. The molecule has 2 aromatic carbocycles. The SMILES string of the molecule is CCOC(=O)[C@H]1CC(=O)N(Cc2ccc(-c3nc4ccccc4s3)cc2)C1. The number of carbonyl (C=O) groups is 2. The van der Waals surface area contributed by atoms with E-state index in [2.05, 4.69) is 11.1 Å². The van der Waals surface area contributed by atoms with E-state index in [1.54, 1.807) is 23.2 Å². The zero-order chi connectivity index (χ0) is 18.8. The van der Waals surface area contributed by atoms with Crippen molar-refractivity contribution in [1.82, 2.24) is 9.88 Å². The number of benzene rings is 2. The van der Waals surface area contributed by atoms with Gasteiger partial charge in [0, 0.05) is 25.1 Å². The summed E-state index contributed by atoms with van der Waals surface area (Å²) in [5, 5.41) is 0.988. The minimum absolute atomic E-state index is 0.00306. The lowest BCUT2D eigenvalue weighted by Crippen LogP contribution is -2.26. The highest BCUT2D eigenvalue weighted by molar-refractivity contribution is 7.21. The summed E-state index contributed by atoms with van der Waals surface area (Å²) in [6.45, 7) is 3.06. The third-order valence-corrected chi connectivity index (χ3v) is 5.79. The maximum absolute atomic E-state index is 12.2. The number of nitrogens with zero attached hydrogens (tertiary/aromatic N) is 2. The third-order valence-electron chi connectivity index (χ3n) is 4.70. The predicted octanol–water partition coefficient (Wildman–Crippen LogP) is 3.87. The van der Waals surface area contributed by atoms with Crippen LogP contribution in [0.5, 0.6) is 0 Å². The molecule has 2 heterocycles. The number of hydrogen-bond acceptors (Lipinski definition) is 5. The van der Waals surface area contributed by atoms with E-state index in [0.717, 1.165) is 21.7 Å². The smallest absolute Gasteiger partial charge is 0.311 e. The summed E-state index contributed by atoms with van der Waals surface area (Å²) >= 11 is 1.67. The molecule has 0 spiro atoms. The van der Waals surface area contributed by atoms with Crippen LogP contribution in [0.1, 0.15) is 18.9 Å². The van der Waals surface area contributed by atoms with Gasteiger partial charge in [-0.3, -0.25) is 9.59 Å². The summed E-state index contributed by atoms with van der Waals surface area (Å²) in [6.07, 6.45) is 0.239. The third kappa shape index (κ3) is 3.71. The van der Waals surface area contributed by atoms with Crippen LogP contribution in [0.2, 0.25) is 0 Å². The van der Waals surface area contributed by atoms with Gasteiger partial charge in [-0.1, -0.05) is 36.4 Å². The van der Waals surface area contributed by atoms with Crippen LogP contribution in [0, 0.1) is 5.92 Å². The second-order valence-electron chi connectivity index (χ2n) is 6.61. The van der Waals surface area contributed by atoms with Crippen LogP contribution in [-0.2, 0) is 20.9 Å². The van der Waals surface area contributed by atoms with Crippen molar-refractivity contribution in [3.05, 3.63) is 54.1 Å². The number of fused-ring (bicyclic) bond motifs is 1. The zero-order valence-electron chi connectivity index (χ0n) is 15.1. The Kier molecular flexibility index (Phi) is 4.90. The topological polar surface area (TPSA) is 59.5 Å². The van der Waals surface area contributed by atoms with E-state index < -0.39 is 0 Å². The van der Waals surface area contributed by atoms with E-state index in [0.29, 0.717) is 19.7 Å². The Morgan fingerprint density at radius 1 is 1.22 bits per heavy atom. The van der Waals surface area contributed by atoms with Crippen molar-refractivity contribution in [3.63, 3.8) is 0 Å². The quantitative estimate of drug-likeness (QED) is 0.631. The minimum Gasteiger partial charge on any atom is -0.466 e. The molecule has 1 aliphatic heterocycles. The van der Waals surface area contributed by atoms with Crippen molar-refractivity contribution in [3.8, 4) is 10.6 Å². The summed E-state index contributed by atoms with van der Waals surface area (Å²) in [5.41, 5.74) is 3.11. The molecule has 1 atom stereocenters. The van der Waals surface area contributed by atoms with Crippen molar-refractivity contribution >= 4 is 33.4 Å². The van der Waals surface area contributed by atoms with Gasteiger partial charge in [-0.2, -0.15) is 0 Å². The van der Waals surface area contributed by atoms with E-state index in [1.165, 1.54) is 4.70 Å². The molecular weight excluding hydrogens is 360 g/mol. The van der Waals surface area contributed by atoms with Gasteiger partial charge >= 0.3 is 5.97 Å². The van der Waals surface area contributed by atoms with Gasteiger partial charge in [0.05, 0.1) is 22.7 Å². The second-order valence-corrected chi connectivity index (χ2v) is 7.64. The fourth-order valence-electron chi connectivity index (χ4n) is 3.31. The molecule has 5 nitrogen and oxygen atoms in total. The summed E-state index contributed by atoms with van der Waals surface area (Å²) < 4.78 is 6.21. The number of carbonyl (C=O) groups excluding carboxylic acids is 2. The molecular formula is C21H20N2O3S. The van der Waals surface area contributed by atoms with Gasteiger partial charge < -0.3 is 9.64 Å². The van der Waals surface area contributed by atoms with Crippen LogP contribution in [0.4, 0.5) is 0 Å². The molecule has 0 bridgehead atoms. The van der Waals surface area contributed by atoms with Crippen molar-refractivity contribution in [2.75, 3.05) is 13.2 Å². The van der Waals surface area contributed by atoms with E-state index in [4.69, 9.17) is 4.74 Å². The van der Waals surface area contributed by atoms with Gasteiger partial charge in [0.1, 0.15) is 5.01 Å². The molecule has 138 valence electrons. The van der Waals surface area contributed by atoms with Crippen molar-refractivity contribution in [2.24, 2.45) is 5.92 Å². The molecule has 0 N–H and O–H groups in total. The fraction of sp³-hybridized carbons (Fsp3) is 0.286. The first kappa shape index (κ1) is 17.7. The van der Waals surface area contributed by atoms with Gasteiger partial charge in [-0.25, -0.2) is 4.98 Å². The molecule has 0 unspecified atom stereocenters. The number of aromatic nitrogens is 1. The lowest BCUT2D eigenvalue weighted by atomic mass is 10.1. The van der Waals surface area contributed by atoms with Crippen LogP contribution in [0.15, 0.2) is 48.5 Å². The first-order valence-electron chi connectivity index (χ1n) is 9.03. The minimum atomic E-state index is -0.348. The van der Waals surface area contributed by atoms with E-state index in [9.17, 15) is 9.59 Å². The number of ether oxygens (including phenoxy) is 1. The highest BCUT2D eigenvalue weighted by Gasteiger charge is 2.35. The van der Waals surface area contributed by atoms with Crippen molar-refractivity contribution < 1.29 is 14.3 Å². The Hall–Kier alpha value is -2.73. The average molecular weight is 380 g/mol.